The van der Waals surface area contributed by atoms with Crippen LogP contribution in [0.3, 0.4) is 0 Å². The van der Waals surface area contributed by atoms with Crippen LogP contribution in [0.15, 0.2) is 23.3 Å². The third-order valence-electron chi connectivity index (χ3n) is 2.55. The van der Waals surface area contributed by atoms with E-state index >= 15 is 0 Å². The first-order chi connectivity index (χ1) is 5.29. The zero-order valence-electron chi connectivity index (χ0n) is 6.46. The van der Waals surface area contributed by atoms with Crippen LogP contribution in [0, 0.1) is 0 Å². The van der Waals surface area contributed by atoms with E-state index in [-0.39, 0.29) is 12.1 Å². The first-order valence-electron chi connectivity index (χ1n) is 4.11. The van der Waals surface area contributed by atoms with Crippen molar-refractivity contribution in [2.75, 3.05) is 0 Å². The van der Waals surface area contributed by atoms with Crippen molar-refractivity contribution >= 4 is 0 Å². The van der Waals surface area contributed by atoms with Gasteiger partial charge in [-0.05, 0) is 24.8 Å². The van der Waals surface area contributed by atoms with Crippen molar-refractivity contribution in [3.8, 4) is 0 Å². The summed E-state index contributed by atoms with van der Waals surface area (Å²) in [6, 6.07) is -0.124. The Morgan fingerprint density at radius 2 is 2.36 bits per heavy atom. The predicted octanol–water partition coefficient (Wildman–Crippen LogP) is 0.725. The fraction of sp³-hybridized carbons (Fsp3) is 0.556. The summed E-state index contributed by atoms with van der Waals surface area (Å²) in [5.74, 6) is 0. The lowest BCUT2D eigenvalue weighted by molar-refractivity contribution is 0.169. The Morgan fingerprint density at radius 3 is 3.09 bits per heavy atom. The minimum absolute atomic E-state index is 0.124. The van der Waals surface area contributed by atoms with Crippen LogP contribution in [0.5, 0.6) is 0 Å². The molecule has 2 atom stereocenters. The number of rotatable bonds is 0. The lowest BCUT2D eigenvalue weighted by Crippen LogP contribution is -2.31. The van der Waals surface area contributed by atoms with E-state index < -0.39 is 0 Å². The lowest BCUT2D eigenvalue weighted by atomic mass is 9.99. The standard InChI is InChI=1S/C9H13NO/c10-9-7-4-2-1-3-6(7)5-8(9)11/h2,4,8-9,11H,1,3,5,10H2. The van der Waals surface area contributed by atoms with Crippen LogP contribution in [-0.2, 0) is 0 Å². The van der Waals surface area contributed by atoms with Crippen LogP contribution >= 0.6 is 0 Å². The molecule has 2 heteroatoms. The van der Waals surface area contributed by atoms with Gasteiger partial charge in [-0.15, -0.1) is 0 Å². The van der Waals surface area contributed by atoms with E-state index in [0.29, 0.717) is 0 Å². The topological polar surface area (TPSA) is 46.2 Å². The summed E-state index contributed by atoms with van der Waals surface area (Å²) in [5.41, 5.74) is 8.33. The van der Waals surface area contributed by atoms with Crippen molar-refractivity contribution in [3.05, 3.63) is 23.3 Å². The summed E-state index contributed by atoms with van der Waals surface area (Å²) < 4.78 is 0. The molecule has 0 aromatic heterocycles. The van der Waals surface area contributed by atoms with Gasteiger partial charge in [0.2, 0.25) is 0 Å². The number of allylic oxidation sites excluding steroid dienone is 1. The molecule has 0 radical (unpaired) electrons. The van der Waals surface area contributed by atoms with Gasteiger partial charge in [0, 0.05) is 0 Å². The molecule has 2 unspecified atom stereocenters. The molecule has 60 valence electrons. The molecule has 3 N–H and O–H groups in total. The minimum Gasteiger partial charge on any atom is -0.391 e. The first kappa shape index (κ1) is 7.07. The molecule has 0 bridgehead atoms. The summed E-state index contributed by atoms with van der Waals surface area (Å²) in [6.45, 7) is 0. The molecule has 2 aliphatic rings. The summed E-state index contributed by atoms with van der Waals surface area (Å²) >= 11 is 0. The van der Waals surface area contributed by atoms with E-state index in [1.165, 1.54) is 11.1 Å². The molecule has 2 rings (SSSR count). The Labute approximate surface area is 66.4 Å². The molecule has 0 saturated heterocycles. The highest BCUT2D eigenvalue weighted by molar-refractivity contribution is 5.39. The number of nitrogens with two attached hydrogens (primary N) is 1. The minimum atomic E-state index is -0.331. The van der Waals surface area contributed by atoms with E-state index in [0.717, 1.165) is 19.3 Å². The number of hydrogen-bond acceptors (Lipinski definition) is 2. The van der Waals surface area contributed by atoms with Crippen molar-refractivity contribution in [2.45, 2.75) is 31.4 Å². The van der Waals surface area contributed by atoms with E-state index in [2.05, 4.69) is 12.2 Å². The highest BCUT2D eigenvalue weighted by Gasteiger charge is 2.29. The second kappa shape index (κ2) is 2.47. The Balaban J connectivity index is 2.28. The Bertz CT molecular complexity index is 230. The summed E-state index contributed by atoms with van der Waals surface area (Å²) in [7, 11) is 0. The second-order valence-corrected chi connectivity index (χ2v) is 3.30. The Kier molecular flexibility index (Phi) is 1.59. The SMILES string of the molecule is NC1C2=C(CCC=C2)CC1O. The molecule has 2 aliphatic carbocycles. The molecule has 11 heavy (non-hydrogen) atoms. The summed E-state index contributed by atoms with van der Waals surface area (Å²) in [6.07, 6.45) is 6.87. The van der Waals surface area contributed by atoms with Gasteiger partial charge in [0.05, 0.1) is 12.1 Å². The smallest absolute Gasteiger partial charge is 0.0769 e. The van der Waals surface area contributed by atoms with Gasteiger partial charge >= 0.3 is 0 Å². The number of aliphatic hydroxyl groups is 1. The molecule has 0 aliphatic heterocycles. The highest BCUT2D eigenvalue weighted by atomic mass is 16.3. The zero-order chi connectivity index (χ0) is 7.84. The first-order valence-corrected chi connectivity index (χ1v) is 4.11. The molecule has 0 aromatic carbocycles. The van der Waals surface area contributed by atoms with Crippen LogP contribution in [0.25, 0.3) is 0 Å². The largest absolute Gasteiger partial charge is 0.391 e. The molecular formula is C9H13NO. The Hall–Kier alpha value is -0.600. The summed E-state index contributed by atoms with van der Waals surface area (Å²) in [4.78, 5) is 0. The number of aliphatic hydroxyl groups excluding tert-OH is 1. The fourth-order valence-corrected chi connectivity index (χ4v) is 1.88. The molecule has 0 spiro atoms. The lowest BCUT2D eigenvalue weighted by Gasteiger charge is -2.11. The van der Waals surface area contributed by atoms with Crippen LogP contribution in [-0.4, -0.2) is 17.3 Å². The van der Waals surface area contributed by atoms with Gasteiger partial charge in [-0.3, -0.25) is 0 Å². The van der Waals surface area contributed by atoms with Crippen molar-refractivity contribution < 1.29 is 5.11 Å². The highest BCUT2D eigenvalue weighted by Crippen LogP contribution is 2.32. The maximum Gasteiger partial charge on any atom is 0.0769 e. The average Bonchev–Trinajstić information content (AvgIpc) is 2.30. The molecule has 0 heterocycles. The zero-order valence-corrected chi connectivity index (χ0v) is 6.46. The van der Waals surface area contributed by atoms with Gasteiger partial charge < -0.3 is 10.8 Å². The van der Waals surface area contributed by atoms with Crippen molar-refractivity contribution in [1.82, 2.24) is 0 Å². The van der Waals surface area contributed by atoms with Crippen molar-refractivity contribution in [1.29, 1.82) is 0 Å². The van der Waals surface area contributed by atoms with Crippen LogP contribution in [0.1, 0.15) is 19.3 Å². The average molecular weight is 151 g/mol. The second-order valence-electron chi connectivity index (χ2n) is 3.30. The van der Waals surface area contributed by atoms with Crippen LogP contribution < -0.4 is 5.73 Å². The Morgan fingerprint density at radius 1 is 1.55 bits per heavy atom. The molecule has 2 nitrogen and oxygen atoms in total. The van der Waals surface area contributed by atoms with Crippen molar-refractivity contribution in [2.24, 2.45) is 5.73 Å². The fourth-order valence-electron chi connectivity index (χ4n) is 1.88. The normalized spacial score (nSPS) is 36.2. The van der Waals surface area contributed by atoms with Gasteiger partial charge in [0.25, 0.3) is 0 Å². The third kappa shape index (κ3) is 1.03. The molecule has 0 saturated carbocycles. The van der Waals surface area contributed by atoms with Crippen LogP contribution in [0.2, 0.25) is 0 Å². The third-order valence-corrected chi connectivity index (χ3v) is 2.55. The molecule has 0 aromatic rings. The van der Waals surface area contributed by atoms with Gasteiger partial charge in [0.1, 0.15) is 0 Å². The molecular weight excluding hydrogens is 138 g/mol. The van der Waals surface area contributed by atoms with E-state index in [1.807, 2.05) is 0 Å². The van der Waals surface area contributed by atoms with Crippen molar-refractivity contribution in [3.63, 3.8) is 0 Å². The molecule has 0 fully saturated rings. The van der Waals surface area contributed by atoms with Crippen LogP contribution in [0.4, 0.5) is 0 Å². The van der Waals surface area contributed by atoms with E-state index in [9.17, 15) is 5.11 Å². The predicted molar refractivity (Wildman–Crippen MR) is 44.0 cm³/mol. The van der Waals surface area contributed by atoms with E-state index in [4.69, 9.17) is 5.73 Å². The summed E-state index contributed by atoms with van der Waals surface area (Å²) in [5, 5.41) is 9.43. The van der Waals surface area contributed by atoms with Gasteiger partial charge in [0.15, 0.2) is 0 Å². The van der Waals surface area contributed by atoms with Gasteiger partial charge in [-0.2, -0.15) is 0 Å². The molecule has 0 amide bonds. The van der Waals surface area contributed by atoms with Gasteiger partial charge in [-0.25, -0.2) is 0 Å². The number of hydrogen-bond donors (Lipinski definition) is 2. The maximum atomic E-state index is 9.43. The monoisotopic (exact) mass is 151 g/mol. The van der Waals surface area contributed by atoms with E-state index in [1.54, 1.807) is 0 Å². The maximum absolute atomic E-state index is 9.43. The quantitative estimate of drug-likeness (QED) is 0.536. The van der Waals surface area contributed by atoms with Gasteiger partial charge in [-0.1, -0.05) is 17.7 Å².